The summed E-state index contributed by atoms with van der Waals surface area (Å²) < 4.78 is 51.6. The maximum Gasteiger partial charge on any atom is 0.309 e. The van der Waals surface area contributed by atoms with E-state index in [1.54, 1.807) is 18.7 Å². The molecule has 0 radical (unpaired) electrons. The zero-order valence-corrected chi connectivity index (χ0v) is 22.7. The number of allylic oxidation sites excluding steroid dienone is 1. The Labute approximate surface area is 221 Å². The third kappa shape index (κ3) is 3.39. The summed E-state index contributed by atoms with van der Waals surface area (Å²) in [6.07, 6.45) is 1.00. The molecule has 2 saturated heterocycles. The molecule has 2 heterocycles. The molecule has 1 N–H and O–H groups in total. The molecule has 0 bridgehead atoms. The normalized spacial score (nSPS) is 52.7. The third-order valence-electron chi connectivity index (χ3n) is 10.8. The molecule has 4 aliphatic carbocycles. The Morgan fingerprint density at radius 3 is 2.70 bits per heavy atom. The highest BCUT2D eigenvalue weighted by molar-refractivity contribution is 8.00. The molecule has 0 aromatic rings. The van der Waals surface area contributed by atoms with E-state index in [-0.39, 0.29) is 60.9 Å². The van der Waals surface area contributed by atoms with Crippen LogP contribution in [-0.4, -0.2) is 64.5 Å². The standard InChI is InChI=1S/C28H38F2O6S/c1-4-5-23-35-22-12-17-18-11-20(29)19-10-16(31)6-8-25(19,2)27(18,30)21(32)13-26(17,3)28(22,36-23)37-14-15-7-9-34-24(15)33/h10,15,17-18,20-23,32H,4-9,11-14H2,1-3H3/t15-,17-,18-,20-,21-,22+,23+,25-,26-,27-,28-/m0/s1. The number of fused-ring (bicyclic) bond motifs is 7. The summed E-state index contributed by atoms with van der Waals surface area (Å²) in [4.78, 5) is 23.5. The van der Waals surface area contributed by atoms with E-state index in [0.717, 1.165) is 12.8 Å². The molecule has 0 spiro atoms. The number of aliphatic hydroxyl groups excluding tert-OH is 1. The van der Waals surface area contributed by atoms with Gasteiger partial charge in [-0.05, 0) is 56.1 Å². The summed E-state index contributed by atoms with van der Waals surface area (Å²) in [7, 11) is 0. The van der Waals surface area contributed by atoms with Gasteiger partial charge in [-0.3, -0.25) is 9.59 Å². The van der Waals surface area contributed by atoms with Crippen molar-refractivity contribution < 1.29 is 37.7 Å². The zero-order chi connectivity index (χ0) is 26.4. The van der Waals surface area contributed by atoms with Crippen LogP contribution in [0.2, 0.25) is 0 Å². The number of ether oxygens (including phenoxy) is 3. The van der Waals surface area contributed by atoms with Gasteiger partial charge in [-0.2, -0.15) is 0 Å². The largest absolute Gasteiger partial charge is 0.465 e. The van der Waals surface area contributed by atoms with E-state index in [9.17, 15) is 14.7 Å². The molecule has 5 fully saturated rings. The molecule has 0 aromatic carbocycles. The van der Waals surface area contributed by atoms with Crippen molar-refractivity contribution in [1.29, 1.82) is 0 Å². The van der Waals surface area contributed by atoms with E-state index in [2.05, 4.69) is 6.92 Å². The number of hydrogen-bond donors (Lipinski definition) is 1. The van der Waals surface area contributed by atoms with Crippen molar-refractivity contribution in [2.45, 2.75) is 107 Å². The monoisotopic (exact) mass is 540 g/mol. The van der Waals surface area contributed by atoms with Crippen LogP contribution in [0.3, 0.4) is 0 Å². The van der Waals surface area contributed by atoms with Crippen molar-refractivity contribution in [2.75, 3.05) is 12.4 Å². The molecular weight excluding hydrogens is 502 g/mol. The number of halogens is 2. The number of thioether (sulfide) groups is 1. The average Bonchev–Trinajstić information content (AvgIpc) is 3.48. The second kappa shape index (κ2) is 8.73. The molecule has 11 atom stereocenters. The number of ketones is 1. The quantitative estimate of drug-likeness (QED) is 0.508. The fourth-order valence-electron chi connectivity index (χ4n) is 8.83. The van der Waals surface area contributed by atoms with Crippen LogP contribution in [0.25, 0.3) is 0 Å². The summed E-state index contributed by atoms with van der Waals surface area (Å²) in [5, 5.41) is 11.7. The van der Waals surface area contributed by atoms with Crippen LogP contribution in [0.4, 0.5) is 8.78 Å². The van der Waals surface area contributed by atoms with E-state index < -0.39 is 45.9 Å². The van der Waals surface area contributed by atoms with Gasteiger partial charge in [0.2, 0.25) is 0 Å². The lowest BCUT2D eigenvalue weighted by Gasteiger charge is -2.64. The predicted molar refractivity (Wildman–Crippen MR) is 133 cm³/mol. The molecule has 3 saturated carbocycles. The van der Waals surface area contributed by atoms with Crippen LogP contribution in [0.15, 0.2) is 11.6 Å². The van der Waals surface area contributed by atoms with E-state index in [1.165, 1.54) is 6.08 Å². The first-order valence-corrected chi connectivity index (χ1v) is 14.9. The predicted octanol–water partition coefficient (Wildman–Crippen LogP) is 4.67. The number of aliphatic hydroxyl groups is 1. The lowest BCUT2D eigenvalue weighted by molar-refractivity contribution is -0.232. The minimum Gasteiger partial charge on any atom is -0.465 e. The minimum absolute atomic E-state index is 0.0661. The molecule has 0 aromatic heterocycles. The molecular formula is C28H38F2O6S. The summed E-state index contributed by atoms with van der Waals surface area (Å²) in [6, 6.07) is 0. The highest BCUT2D eigenvalue weighted by Crippen LogP contribution is 2.74. The summed E-state index contributed by atoms with van der Waals surface area (Å²) in [5.74, 6) is -1.12. The summed E-state index contributed by atoms with van der Waals surface area (Å²) in [5.41, 5.74) is -3.76. The number of carbonyl (C=O) groups is 2. The van der Waals surface area contributed by atoms with Crippen molar-refractivity contribution in [3.8, 4) is 0 Å². The van der Waals surface area contributed by atoms with Gasteiger partial charge in [-0.15, -0.1) is 11.8 Å². The maximum atomic E-state index is 17.5. The molecule has 6 rings (SSSR count). The molecule has 0 unspecified atom stereocenters. The maximum absolute atomic E-state index is 17.5. The van der Waals surface area contributed by atoms with Gasteiger partial charge in [0.1, 0.15) is 16.8 Å². The van der Waals surface area contributed by atoms with Gasteiger partial charge >= 0.3 is 5.97 Å². The Morgan fingerprint density at radius 1 is 1.22 bits per heavy atom. The first kappa shape index (κ1) is 26.2. The van der Waals surface area contributed by atoms with Crippen LogP contribution in [0.5, 0.6) is 0 Å². The number of carbonyl (C=O) groups excluding carboxylic acids is 2. The van der Waals surface area contributed by atoms with Crippen molar-refractivity contribution in [2.24, 2.45) is 28.6 Å². The SMILES string of the molecule is CCC[C@@H]1O[C@@H]2C[C@H]3[C@@H]4C[C@H](F)C5=CC(=O)CC[C@]5(C)[C@@]4(F)[C@@H](O)C[C@]3(C)[C@]2(SC[C@@H]2CCOC2=O)O1. The summed E-state index contributed by atoms with van der Waals surface area (Å²) in [6.45, 7) is 6.22. The fourth-order valence-corrected chi connectivity index (χ4v) is 10.7. The number of hydrogen-bond acceptors (Lipinski definition) is 7. The van der Waals surface area contributed by atoms with Crippen molar-refractivity contribution in [3.63, 3.8) is 0 Å². The van der Waals surface area contributed by atoms with Crippen molar-refractivity contribution in [3.05, 3.63) is 11.6 Å². The molecule has 206 valence electrons. The fraction of sp³-hybridized carbons (Fsp3) is 0.857. The minimum atomic E-state index is -2.05. The number of esters is 1. The lowest BCUT2D eigenvalue weighted by atomic mass is 9.44. The van der Waals surface area contributed by atoms with Crippen LogP contribution in [0, 0.1) is 28.6 Å². The second-order valence-corrected chi connectivity index (χ2v) is 13.8. The van der Waals surface area contributed by atoms with Gasteiger partial charge in [0.15, 0.2) is 12.1 Å². The second-order valence-electron chi connectivity index (χ2n) is 12.5. The van der Waals surface area contributed by atoms with Crippen LogP contribution >= 0.6 is 11.8 Å². The highest BCUT2D eigenvalue weighted by atomic mass is 32.2. The van der Waals surface area contributed by atoms with Crippen LogP contribution < -0.4 is 0 Å². The lowest BCUT2D eigenvalue weighted by Crippen LogP contribution is -2.70. The van der Waals surface area contributed by atoms with Gasteiger partial charge in [-0.1, -0.05) is 27.2 Å². The molecule has 6 nitrogen and oxygen atoms in total. The first-order chi connectivity index (χ1) is 17.5. The molecule has 9 heteroatoms. The highest BCUT2D eigenvalue weighted by Gasteiger charge is 2.78. The molecule has 6 aliphatic rings. The van der Waals surface area contributed by atoms with Crippen molar-refractivity contribution >= 4 is 23.5 Å². The van der Waals surface area contributed by atoms with E-state index in [0.29, 0.717) is 25.2 Å². The van der Waals surface area contributed by atoms with Gasteiger partial charge in [-0.25, -0.2) is 8.78 Å². The molecule has 37 heavy (non-hydrogen) atoms. The first-order valence-electron chi connectivity index (χ1n) is 13.9. The molecule has 0 amide bonds. The number of rotatable bonds is 5. The van der Waals surface area contributed by atoms with E-state index in [4.69, 9.17) is 14.2 Å². The third-order valence-corrected chi connectivity index (χ3v) is 12.6. The Hall–Kier alpha value is -1.03. The number of cyclic esters (lactones) is 1. The van der Waals surface area contributed by atoms with Crippen molar-refractivity contribution in [1.82, 2.24) is 0 Å². The Kier molecular flexibility index (Phi) is 6.19. The average molecular weight is 541 g/mol. The van der Waals surface area contributed by atoms with Gasteiger partial charge < -0.3 is 19.3 Å². The Bertz CT molecular complexity index is 1020. The molecule has 2 aliphatic heterocycles. The Morgan fingerprint density at radius 2 is 2.00 bits per heavy atom. The van der Waals surface area contributed by atoms with Gasteiger partial charge in [0.05, 0.1) is 24.7 Å². The topological polar surface area (TPSA) is 82.1 Å². The van der Waals surface area contributed by atoms with Crippen LogP contribution in [-0.2, 0) is 23.8 Å². The van der Waals surface area contributed by atoms with Crippen LogP contribution in [0.1, 0.15) is 72.1 Å². The Balaban J connectivity index is 1.38. The number of alkyl halides is 2. The van der Waals surface area contributed by atoms with E-state index >= 15 is 8.78 Å². The van der Waals surface area contributed by atoms with Gasteiger partial charge in [0.25, 0.3) is 0 Å². The van der Waals surface area contributed by atoms with E-state index in [1.807, 2.05) is 6.92 Å². The summed E-state index contributed by atoms with van der Waals surface area (Å²) >= 11 is 1.55. The van der Waals surface area contributed by atoms with Gasteiger partial charge in [0, 0.05) is 28.9 Å². The smallest absolute Gasteiger partial charge is 0.309 e. The zero-order valence-electron chi connectivity index (χ0n) is 21.8.